The molecule has 46 heavy (non-hydrogen) atoms. The largest absolute Gasteiger partial charge is 0.687 e. The lowest BCUT2D eigenvalue weighted by Gasteiger charge is -2.21. The number of nitrogens with zero attached hydrogens (tertiary/aromatic N) is 2. The Morgan fingerprint density at radius 1 is 0.565 bits per heavy atom. The van der Waals surface area contributed by atoms with Crippen molar-refractivity contribution in [3.05, 3.63) is 162 Å². The molecule has 1 aromatic heterocycles. The van der Waals surface area contributed by atoms with E-state index in [9.17, 15) is 0 Å². The molecule has 222 valence electrons. The van der Waals surface area contributed by atoms with Gasteiger partial charge >= 0.3 is 0 Å². The third-order valence-electron chi connectivity index (χ3n) is 9.23. The highest BCUT2D eigenvalue weighted by atomic mass is 14.8. The van der Waals surface area contributed by atoms with E-state index in [-0.39, 0.29) is 5.41 Å². The summed E-state index contributed by atoms with van der Waals surface area (Å²) in [5.74, 6) is 0. The molecule has 8 rings (SSSR count). The van der Waals surface area contributed by atoms with Crippen LogP contribution in [0.2, 0.25) is 0 Å². The molecular weight excluding hydrogens is 556 g/mol. The zero-order valence-corrected chi connectivity index (χ0v) is 26.5. The third-order valence-corrected chi connectivity index (χ3v) is 9.23. The predicted octanol–water partition coefficient (Wildman–Crippen LogP) is 12.1. The Morgan fingerprint density at radius 3 is 1.70 bits per heavy atom. The summed E-state index contributed by atoms with van der Waals surface area (Å²) in [6.07, 6.45) is 8.03. The van der Waals surface area contributed by atoms with Crippen LogP contribution < -0.4 is 0 Å². The topological polar surface area (TPSA) is 27.0 Å². The summed E-state index contributed by atoms with van der Waals surface area (Å²) in [6.45, 7) is 7.55. The fraction of sp³-hybridized carbons (Fsp3) is 0.114. The maximum atomic E-state index is 4.76. The number of pyridine rings is 1. The van der Waals surface area contributed by atoms with Crippen LogP contribution in [0.25, 0.3) is 76.6 Å². The molecule has 2 heteroatoms. The lowest BCUT2D eigenvalue weighted by Crippen LogP contribution is -2.10. The summed E-state index contributed by atoms with van der Waals surface area (Å²) in [6, 6.07) is 44.8. The molecule has 6 aromatic carbocycles. The van der Waals surface area contributed by atoms with Gasteiger partial charge in [0, 0.05) is 11.8 Å². The Labute approximate surface area is 270 Å². The van der Waals surface area contributed by atoms with Gasteiger partial charge in [-0.15, -0.1) is 12.6 Å². The quantitative estimate of drug-likeness (QED) is 0.187. The van der Waals surface area contributed by atoms with Crippen LogP contribution in [-0.4, -0.2) is 11.5 Å². The fourth-order valence-electron chi connectivity index (χ4n) is 6.79. The Kier molecular flexibility index (Phi) is 6.80. The smallest absolute Gasteiger partial charge is 0.0684 e. The summed E-state index contributed by atoms with van der Waals surface area (Å²) in [5, 5.41) is 11.9. The Balaban J connectivity index is 1.27. The molecule has 7 aromatic rings. The van der Waals surface area contributed by atoms with Crippen LogP contribution in [0, 0.1) is 0 Å². The van der Waals surface area contributed by atoms with Gasteiger partial charge in [0.15, 0.2) is 0 Å². The van der Waals surface area contributed by atoms with Gasteiger partial charge < -0.3 is 5.32 Å². The van der Waals surface area contributed by atoms with Gasteiger partial charge in [-0.05, 0) is 94.9 Å². The van der Waals surface area contributed by atoms with Crippen LogP contribution in [0.3, 0.4) is 0 Å². The van der Waals surface area contributed by atoms with E-state index in [4.69, 9.17) is 4.98 Å². The molecule has 0 amide bonds. The number of allylic oxidation sites excluding steroid dienone is 2. The van der Waals surface area contributed by atoms with E-state index < -0.39 is 0 Å². The molecule has 0 radical (unpaired) electrons. The summed E-state index contributed by atoms with van der Waals surface area (Å²) < 4.78 is 0. The van der Waals surface area contributed by atoms with E-state index in [0.29, 0.717) is 0 Å². The molecule has 0 bridgehead atoms. The van der Waals surface area contributed by atoms with Crippen LogP contribution in [0.5, 0.6) is 0 Å². The molecule has 0 fully saturated rings. The second-order valence-corrected chi connectivity index (χ2v) is 13.2. The molecule has 1 aliphatic rings. The van der Waals surface area contributed by atoms with E-state index in [1.165, 1.54) is 60.1 Å². The maximum Gasteiger partial charge on any atom is 0.0684 e. The van der Waals surface area contributed by atoms with Crippen molar-refractivity contribution >= 4 is 37.9 Å². The Bertz CT molecular complexity index is 2260. The minimum Gasteiger partial charge on any atom is -0.687 e. The van der Waals surface area contributed by atoms with E-state index in [1.54, 1.807) is 0 Å². The third kappa shape index (κ3) is 4.97. The highest BCUT2D eigenvalue weighted by molar-refractivity contribution is 6.21. The van der Waals surface area contributed by atoms with Crippen LogP contribution >= 0.6 is 0 Å². The molecule has 0 atom stereocenters. The number of fused-ring (bicyclic) bond motifs is 3. The summed E-state index contributed by atoms with van der Waals surface area (Å²) in [7, 11) is 0. The fourth-order valence-corrected chi connectivity index (χ4v) is 6.79. The van der Waals surface area contributed by atoms with Gasteiger partial charge in [-0.3, -0.25) is 4.98 Å². The van der Waals surface area contributed by atoms with Crippen molar-refractivity contribution in [3.63, 3.8) is 0 Å². The zero-order chi connectivity index (χ0) is 31.3. The minimum absolute atomic E-state index is 0.114. The van der Waals surface area contributed by atoms with Crippen molar-refractivity contribution in [1.29, 1.82) is 0 Å². The average molecular weight is 592 g/mol. The van der Waals surface area contributed by atoms with E-state index in [2.05, 4.69) is 160 Å². The minimum atomic E-state index is 0.114. The highest BCUT2D eigenvalue weighted by Crippen LogP contribution is 2.44. The van der Waals surface area contributed by atoms with Crippen LogP contribution in [-0.2, 0) is 5.41 Å². The number of benzene rings is 6. The second kappa shape index (κ2) is 11.2. The normalized spacial score (nSPS) is 13.2. The number of rotatable bonds is 4. The molecule has 2 nitrogen and oxygen atoms in total. The van der Waals surface area contributed by atoms with Crippen molar-refractivity contribution in [2.45, 2.75) is 26.2 Å². The van der Waals surface area contributed by atoms with Crippen molar-refractivity contribution in [1.82, 2.24) is 4.98 Å². The van der Waals surface area contributed by atoms with E-state index in [1.807, 2.05) is 12.4 Å². The summed E-state index contributed by atoms with van der Waals surface area (Å²) in [5.41, 5.74) is 10.8. The molecule has 0 aliphatic carbocycles. The van der Waals surface area contributed by atoms with E-state index >= 15 is 0 Å². The van der Waals surface area contributed by atoms with Gasteiger partial charge in [0.2, 0.25) is 0 Å². The highest BCUT2D eigenvalue weighted by Gasteiger charge is 2.18. The number of hydrogen-bond acceptors (Lipinski definition) is 1. The lowest BCUT2D eigenvalue weighted by atomic mass is 9.83. The first-order valence-electron chi connectivity index (χ1n) is 16.0. The second-order valence-electron chi connectivity index (χ2n) is 13.2. The van der Waals surface area contributed by atoms with Gasteiger partial charge in [0.25, 0.3) is 0 Å². The van der Waals surface area contributed by atoms with Crippen LogP contribution in [0.15, 0.2) is 146 Å². The summed E-state index contributed by atoms with van der Waals surface area (Å²) >= 11 is 0. The molecule has 0 saturated carbocycles. The maximum absolute atomic E-state index is 4.76. The molecule has 0 spiro atoms. The van der Waals surface area contributed by atoms with E-state index in [0.717, 1.165) is 28.9 Å². The standard InChI is InChI=1S/C44H35N2/c1-44(2,3)36-21-18-30(19-22-36)42-37-10-4-6-12-39(37)43(40-13-7-5-11-38(40)42)32-17-15-29-14-16-31(25-35(29)26-32)33-20-23-41(46-28-33)34-9-8-24-45-27-34/h4-23,25-28H,24H2,1-3H3/q-1. The van der Waals surface area contributed by atoms with Gasteiger partial charge in [-0.25, -0.2) is 0 Å². The van der Waals surface area contributed by atoms with Crippen molar-refractivity contribution < 1.29 is 0 Å². The molecular formula is C44H35N2-. The Hall–Kier alpha value is -5.47. The molecule has 0 unspecified atom stereocenters. The van der Waals surface area contributed by atoms with Gasteiger partial charge in [-0.1, -0.05) is 130 Å². The molecule has 1 aliphatic heterocycles. The predicted molar refractivity (Wildman–Crippen MR) is 197 cm³/mol. The van der Waals surface area contributed by atoms with Gasteiger partial charge in [-0.2, -0.15) is 6.20 Å². The van der Waals surface area contributed by atoms with Gasteiger partial charge in [0.1, 0.15) is 0 Å². The van der Waals surface area contributed by atoms with Gasteiger partial charge in [0.05, 0.1) is 5.69 Å². The molecule has 0 N–H and O–H groups in total. The van der Waals surface area contributed by atoms with Crippen LogP contribution in [0.4, 0.5) is 0 Å². The summed E-state index contributed by atoms with van der Waals surface area (Å²) in [4.78, 5) is 4.76. The SMILES string of the molecule is CC(C)(C)c1ccc(-c2c3ccccc3c(-c3ccc4ccc(-c5ccc(C6=C[N-]CC=C6)nc5)cc4c3)c3ccccc23)cc1. The number of hydrogen-bond donors (Lipinski definition) is 0. The first kappa shape index (κ1) is 28.0. The monoisotopic (exact) mass is 591 g/mol. The van der Waals surface area contributed by atoms with Crippen molar-refractivity contribution in [3.8, 4) is 33.4 Å². The average Bonchev–Trinajstić information content (AvgIpc) is 3.10. The Morgan fingerprint density at radius 2 is 1.13 bits per heavy atom. The lowest BCUT2D eigenvalue weighted by molar-refractivity contribution is 0.590. The first-order valence-corrected chi connectivity index (χ1v) is 16.0. The number of aromatic nitrogens is 1. The van der Waals surface area contributed by atoms with Crippen molar-refractivity contribution in [2.75, 3.05) is 6.54 Å². The first-order chi connectivity index (χ1) is 22.4. The molecule has 0 saturated heterocycles. The van der Waals surface area contributed by atoms with Crippen LogP contribution in [0.1, 0.15) is 32.0 Å². The van der Waals surface area contributed by atoms with Crippen molar-refractivity contribution in [2.24, 2.45) is 0 Å². The molecule has 2 heterocycles. The zero-order valence-electron chi connectivity index (χ0n) is 26.5.